The van der Waals surface area contributed by atoms with Crippen molar-refractivity contribution < 1.29 is 0 Å². The largest absolute Gasteiger partial charge is 0.255 e. The maximum absolute atomic E-state index is 4.75. The first-order valence-corrected chi connectivity index (χ1v) is 11.3. The minimum atomic E-state index is 1.04. The zero-order valence-electron chi connectivity index (χ0n) is 16.7. The summed E-state index contributed by atoms with van der Waals surface area (Å²) in [6.07, 6.45) is 1.89. The molecule has 0 spiro atoms. The lowest BCUT2D eigenvalue weighted by atomic mass is 9.93. The molecule has 1 aliphatic carbocycles. The van der Waals surface area contributed by atoms with Gasteiger partial charge in [-0.2, -0.15) is 0 Å². The van der Waals surface area contributed by atoms with Crippen LogP contribution in [0, 0.1) is 0 Å². The number of thiophene rings is 1. The first kappa shape index (κ1) is 17.0. The second-order valence-corrected chi connectivity index (χ2v) is 8.98. The highest BCUT2D eigenvalue weighted by Crippen LogP contribution is 2.55. The third-order valence-corrected chi connectivity index (χ3v) is 7.53. The van der Waals surface area contributed by atoms with Gasteiger partial charge in [-0.05, 0) is 56.8 Å². The van der Waals surface area contributed by atoms with Gasteiger partial charge in [0.15, 0.2) is 0 Å². The molecular formula is C29H17NS. The van der Waals surface area contributed by atoms with Crippen LogP contribution in [-0.2, 0) is 0 Å². The SMILES string of the molecule is c1ccc(-c2sc3c4c(cc5ccccc53)-c3ccccc3-c3ccccc3-c24)nc1. The molecule has 0 fully saturated rings. The zero-order valence-corrected chi connectivity index (χ0v) is 17.5. The monoisotopic (exact) mass is 411 g/mol. The number of benzene rings is 4. The van der Waals surface area contributed by atoms with Gasteiger partial charge >= 0.3 is 0 Å². The summed E-state index contributed by atoms with van der Waals surface area (Å²) < 4.78 is 1.34. The zero-order chi connectivity index (χ0) is 20.4. The molecule has 6 aromatic rings. The maximum atomic E-state index is 4.75. The Morgan fingerprint density at radius 3 is 2.00 bits per heavy atom. The molecule has 0 saturated carbocycles. The first-order valence-electron chi connectivity index (χ1n) is 10.5. The van der Waals surface area contributed by atoms with Crippen molar-refractivity contribution in [3.05, 3.63) is 103 Å². The van der Waals surface area contributed by atoms with Crippen LogP contribution in [0.15, 0.2) is 103 Å². The molecule has 0 radical (unpaired) electrons. The van der Waals surface area contributed by atoms with E-state index in [-0.39, 0.29) is 0 Å². The van der Waals surface area contributed by atoms with Crippen molar-refractivity contribution in [2.75, 3.05) is 0 Å². The lowest BCUT2D eigenvalue weighted by Crippen LogP contribution is -1.86. The van der Waals surface area contributed by atoms with E-state index in [1.54, 1.807) is 0 Å². The highest BCUT2D eigenvalue weighted by atomic mass is 32.1. The van der Waals surface area contributed by atoms with Crippen molar-refractivity contribution in [3.8, 4) is 44.0 Å². The topological polar surface area (TPSA) is 12.9 Å². The van der Waals surface area contributed by atoms with Crippen molar-refractivity contribution >= 4 is 32.2 Å². The Hall–Kier alpha value is -3.75. The third-order valence-electron chi connectivity index (χ3n) is 6.28. The first-order chi connectivity index (χ1) is 15.4. The van der Waals surface area contributed by atoms with Gasteiger partial charge in [-0.1, -0.05) is 78.9 Å². The summed E-state index contributed by atoms with van der Waals surface area (Å²) >= 11 is 1.87. The van der Waals surface area contributed by atoms with Crippen LogP contribution in [0.4, 0.5) is 0 Å². The highest BCUT2D eigenvalue weighted by molar-refractivity contribution is 7.24. The van der Waals surface area contributed by atoms with Gasteiger partial charge in [0.25, 0.3) is 0 Å². The average Bonchev–Trinajstić information content (AvgIpc) is 3.20. The van der Waals surface area contributed by atoms with Gasteiger partial charge in [0.2, 0.25) is 0 Å². The molecule has 0 N–H and O–H groups in total. The van der Waals surface area contributed by atoms with Crippen molar-refractivity contribution in [1.82, 2.24) is 4.98 Å². The molecule has 1 nitrogen and oxygen atoms in total. The molecule has 144 valence electrons. The third kappa shape index (κ3) is 2.34. The normalized spacial score (nSPS) is 11.9. The molecule has 0 unspecified atom stereocenters. The Morgan fingerprint density at radius 2 is 1.23 bits per heavy atom. The van der Waals surface area contributed by atoms with Gasteiger partial charge in [0.05, 0.1) is 10.6 Å². The van der Waals surface area contributed by atoms with E-state index in [0.717, 1.165) is 5.69 Å². The summed E-state index contributed by atoms with van der Waals surface area (Å²) in [5.74, 6) is 0. The molecule has 2 aromatic heterocycles. The van der Waals surface area contributed by atoms with Crippen LogP contribution in [0.5, 0.6) is 0 Å². The van der Waals surface area contributed by atoms with Crippen LogP contribution in [-0.4, -0.2) is 4.98 Å². The van der Waals surface area contributed by atoms with E-state index in [0.29, 0.717) is 0 Å². The van der Waals surface area contributed by atoms with Gasteiger partial charge in [0, 0.05) is 21.8 Å². The minimum Gasteiger partial charge on any atom is -0.255 e. The molecule has 0 aliphatic heterocycles. The predicted molar refractivity (Wildman–Crippen MR) is 132 cm³/mol. The van der Waals surface area contributed by atoms with Gasteiger partial charge in [0.1, 0.15) is 0 Å². The van der Waals surface area contributed by atoms with E-state index in [1.165, 1.54) is 59.1 Å². The van der Waals surface area contributed by atoms with E-state index in [4.69, 9.17) is 4.98 Å². The van der Waals surface area contributed by atoms with E-state index in [2.05, 4.69) is 91.0 Å². The Labute approximate surface area is 184 Å². The molecule has 31 heavy (non-hydrogen) atoms. The molecule has 0 bridgehead atoms. The number of fused-ring (bicyclic) bond motifs is 7. The van der Waals surface area contributed by atoms with Gasteiger partial charge < -0.3 is 0 Å². The predicted octanol–water partition coefficient (Wildman–Crippen LogP) is 8.43. The fourth-order valence-electron chi connectivity index (χ4n) is 4.97. The molecule has 0 atom stereocenters. The summed E-state index contributed by atoms with van der Waals surface area (Å²) in [5, 5.41) is 3.94. The maximum Gasteiger partial charge on any atom is 0.0808 e. The van der Waals surface area contributed by atoms with Crippen LogP contribution in [0.1, 0.15) is 0 Å². The Morgan fingerprint density at radius 1 is 0.581 bits per heavy atom. The van der Waals surface area contributed by atoms with Crippen LogP contribution in [0.2, 0.25) is 0 Å². The smallest absolute Gasteiger partial charge is 0.0808 e. The second-order valence-electron chi connectivity index (χ2n) is 7.96. The number of hydrogen-bond donors (Lipinski definition) is 0. The van der Waals surface area contributed by atoms with Crippen molar-refractivity contribution in [1.29, 1.82) is 0 Å². The lowest BCUT2D eigenvalue weighted by molar-refractivity contribution is 1.34. The fourth-order valence-corrected chi connectivity index (χ4v) is 6.32. The van der Waals surface area contributed by atoms with Crippen LogP contribution in [0.25, 0.3) is 64.8 Å². The summed E-state index contributed by atoms with van der Waals surface area (Å²) in [6.45, 7) is 0. The number of rotatable bonds is 1. The number of hydrogen-bond acceptors (Lipinski definition) is 2. The minimum absolute atomic E-state index is 1.04. The average molecular weight is 412 g/mol. The Kier molecular flexibility index (Phi) is 3.49. The Bertz CT molecular complexity index is 1630. The molecule has 7 rings (SSSR count). The lowest BCUT2D eigenvalue weighted by Gasteiger charge is -2.11. The molecular weight excluding hydrogens is 394 g/mol. The molecule has 2 heteroatoms. The van der Waals surface area contributed by atoms with Crippen LogP contribution < -0.4 is 0 Å². The van der Waals surface area contributed by atoms with E-state index >= 15 is 0 Å². The van der Waals surface area contributed by atoms with Crippen LogP contribution >= 0.6 is 11.3 Å². The number of aromatic nitrogens is 1. The Balaban J connectivity index is 1.78. The highest BCUT2D eigenvalue weighted by Gasteiger charge is 2.27. The van der Waals surface area contributed by atoms with Gasteiger partial charge in [-0.25, -0.2) is 0 Å². The van der Waals surface area contributed by atoms with Crippen molar-refractivity contribution in [2.24, 2.45) is 0 Å². The summed E-state index contributed by atoms with van der Waals surface area (Å²) in [4.78, 5) is 5.99. The van der Waals surface area contributed by atoms with Gasteiger partial charge in [-0.15, -0.1) is 11.3 Å². The molecule has 0 amide bonds. The van der Waals surface area contributed by atoms with Crippen LogP contribution in [0.3, 0.4) is 0 Å². The summed E-state index contributed by atoms with van der Waals surface area (Å²) in [6, 6.07) is 35.0. The van der Waals surface area contributed by atoms with Gasteiger partial charge in [-0.3, -0.25) is 4.98 Å². The number of nitrogens with zero attached hydrogens (tertiary/aromatic N) is 1. The molecule has 4 aromatic carbocycles. The molecule has 2 heterocycles. The van der Waals surface area contributed by atoms with Crippen molar-refractivity contribution in [2.45, 2.75) is 0 Å². The standard InChI is InChI=1S/C29H17NS/c1-2-10-19-18(9-1)17-24-22-13-4-3-11-20(22)21-12-5-6-14-23(21)26-27(24)28(19)31-29(26)25-15-7-8-16-30-25/h1-17H. The molecule has 1 aliphatic rings. The summed E-state index contributed by atoms with van der Waals surface area (Å²) in [5.41, 5.74) is 8.83. The number of pyridine rings is 1. The van der Waals surface area contributed by atoms with E-state index in [9.17, 15) is 0 Å². The van der Waals surface area contributed by atoms with Crippen molar-refractivity contribution in [3.63, 3.8) is 0 Å². The fraction of sp³-hybridized carbons (Fsp3) is 0. The van der Waals surface area contributed by atoms with E-state index in [1.807, 2.05) is 23.6 Å². The quantitative estimate of drug-likeness (QED) is 0.264. The summed E-state index contributed by atoms with van der Waals surface area (Å²) in [7, 11) is 0. The second kappa shape index (κ2) is 6.37. The molecule has 0 saturated heterocycles. The van der Waals surface area contributed by atoms with E-state index < -0.39 is 0 Å².